The van der Waals surface area contributed by atoms with Gasteiger partial charge in [0.1, 0.15) is 0 Å². The number of carbonyl (C=O) groups excluding carboxylic acids is 1. The summed E-state index contributed by atoms with van der Waals surface area (Å²) in [6.07, 6.45) is 1.89. The Kier molecular flexibility index (Phi) is 6.83. The third-order valence-electron chi connectivity index (χ3n) is 3.95. The molecule has 0 aliphatic carbocycles. The first-order valence-corrected chi connectivity index (χ1v) is 10.7. The number of anilines is 1. The Labute approximate surface area is 163 Å². The van der Waals surface area contributed by atoms with Crippen LogP contribution >= 0.6 is 15.9 Å². The number of nitrogens with one attached hydrogen (secondary N) is 1. The second kappa shape index (κ2) is 8.68. The fourth-order valence-electron chi connectivity index (χ4n) is 2.43. The Hall–Kier alpha value is -1.86. The number of aryl methyl sites for hydroxylation is 1. The van der Waals surface area contributed by atoms with E-state index in [2.05, 4.69) is 27.6 Å². The van der Waals surface area contributed by atoms with Crippen molar-refractivity contribution < 1.29 is 13.2 Å². The number of amides is 1. The normalized spacial score (nSPS) is 11.2. The number of benzene rings is 2. The largest absolute Gasteiger partial charge is 0.342 e. The highest BCUT2D eigenvalue weighted by molar-refractivity contribution is 9.10. The van der Waals surface area contributed by atoms with Crippen molar-refractivity contribution in [3.8, 4) is 0 Å². The maximum absolute atomic E-state index is 12.7. The van der Waals surface area contributed by atoms with Gasteiger partial charge in [0, 0.05) is 23.6 Å². The minimum Gasteiger partial charge on any atom is -0.342 e. The molecule has 0 fully saturated rings. The van der Waals surface area contributed by atoms with Crippen LogP contribution in [-0.2, 0) is 10.0 Å². The minimum absolute atomic E-state index is 0.0562. The molecule has 0 saturated carbocycles. The van der Waals surface area contributed by atoms with E-state index in [1.54, 1.807) is 36.2 Å². The predicted molar refractivity (Wildman–Crippen MR) is 108 cm³/mol. The van der Waals surface area contributed by atoms with Gasteiger partial charge >= 0.3 is 0 Å². The van der Waals surface area contributed by atoms with Crippen LogP contribution in [0.3, 0.4) is 0 Å². The standard InChI is InChI=1S/C19H23BrN2O3S/c1-4-5-11-22(3)19(23)15-7-6-8-16(13-15)26(24,25)21-18-12-14(2)9-10-17(18)20/h6-10,12-13,21H,4-5,11H2,1-3H3. The number of hydrogen-bond acceptors (Lipinski definition) is 3. The summed E-state index contributed by atoms with van der Waals surface area (Å²) in [4.78, 5) is 14.2. The molecule has 26 heavy (non-hydrogen) atoms. The lowest BCUT2D eigenvalue weighted by molar-refractivity contribution is 0.0793. The van der Waals surface area contributed by atoms with Crippen LogP contribution in [0.1, 0.15) is 35.7 Å². The van der Waals surface area contributed by atoms with Crippen LogP contribution in [0.15, 0.2) is 51.8 Å². The lowest BCUT2D eigenvalue weighted by Gasteiger charge is -2.17. The predicted octanol–water partition coefficient (Wildman–Crippen LogP) is 4.43. The summed E-state index contributed by atoms with van der Waals surface area (Å²) >= 11 is 3.35. The fourth-order valence-corrected chi connectivity index (χ4v) is 4.03. The summed E-state index contributed by atoms with van der Waals surface area (Å²) in [7, 11) is -2.08. The number of nitrogens with zero attached hydrogens (tertiary/aromatic N) is 1. The molecule has 2 aromatic carbocycles. The first kappa shape index (κ1) is 20.5. The number of halogens is 1. The summed E-state index contributed by atoms with van der Waals surface area (Å²) < 4.78 is 28.7. The number of rotatable bonds is 7. The molecule has 2 aromatic rings. The molecule has 0 bridgehead atoms. The van der Waals surface area contributed by atoms with Crippen molar-refractivity contribution in [2.45, 2.75) is 31.6 Å². The molecule has 140 valence electrons. The van der Waals surface area contributed by atoms with E-state index in [9.17, 15) is 13.2 Å². The van der Waals surface area contributed by atoms with Crippen LogP contribution in [0.25, 0.3) is 0 Å². The highest BCUT2D eigenvalue weighted by Crippen LogP contribution is 2.26. The van der Waals surface area contributed by atoms with Gasteiger partial charge in [-0.2, -0.15) is 0 Å². The van der Waals surface area contributed by atoms with Crippen molar-refractivity contribution in [3.63, 3.8) is 0 Å². The quantitative estimate of drug-likeness (QED) is 0.694. The first-order chi connectivity index (χ1) is 12.2. The van der Waals surface area contributed by atoms with Crippen LogP contribution in [0.5, 0.6) is 0 Å². The summed E-state index contributed by atoms with van der Waals surface area (Å²) in [5.41, 5.74) is 1.75. The SMILES string of the molecule is CCCCN(C)C(=O)c1cccc(S(=O)(=O)Nc2cc(C)ccc2Br)c1. The Balaban J connectivity index is 2.28. The third kappa shape index (κ3) is 5.08. The van der Waals surface area contributed by atoms with Crippen molar-refractivity contribution in [2.75, 3.05) is 18.3 Å². The zero-order chi connectivity index (χ0) is 19.3. The maximum Gasteiger partial charge on any atom is 0.261 e. The van der Waals surface area contributed by atoms with Gasteiger partial charge in [0.15, 0.2) is 0 Å². The van der Waals surface area contributed by atoms with Gasteiger partial charge < -0.3 is 4.90 Å². The van der Waals surface area contributed by atoms with Gasteiger partial charge in [0.25, 0.3) is 15.9 Å². The monoisotopic (exact) mass is 438 g/mol. The van der Waals surface area contributed by atoms with Gasteiger partial charge in [0.2, 0.25) is 0 Å². The first-order valence-electron chi connectivity index (χ1n) is 8.39. The van der Waals surface area contributed by atoms with Crippen LogP contribution in [-0.4, -0.2) is 32.8 Å². The van der Waals surface area contributed by atoms with E-state index >= 15 is 0 Å². The molecule has 7 heteroatoms. The van der Waals surface area contributed by atoms with E-state index in [0.29, 0.717) is 22.3 Å². The minimum atomic E-state index is -3.80. The highest BCUT2D eigenvalue weighted by atomic mass is 79.9. The Morgan fingerprint density at radius 3 is 2.62 bits per heavy atom. The molecule has 0 aliphatic rings. The molecule has 0 unspecified atom stereocenters. The highest BCUT2D eigenvalue weighted by Gasteiger charge is 2.19. The van der Waals surface area contributed by atoms with Crippen LogP contribution in [0, 0.1) is 6.92 Å². The average molecular weight is 439 g/mol. The molecule has 0 saturated heterocycles. The molecular weight excluding hydrogens is 416 g/mol. The molecule has 0 heterocycles. The van der Waals surface area contributed by atoms with Crippen molar-refractivity contribution in [1.29, 1.82) is 0 Å². The Morgan fingerprint density at radius 1 is 1.19 bits per heavy atom. The number of unbranched alkanes of at least 4 members (excludes halogenated alkanes) is 1. The van der Waals surface area contributed by atoms with E-state index in [-0.39, 0.29) is 10.8 Å². The summed E-state index contributed by atoms with van der Waals surface area (Å²) in [6, 6.07) is 11.5. The van der Waals surface area contributed by atoms with E-state index in [1.165, 1.54) is 12.1 Å². The summed E-state index contributed by atoms with van der Waals surface area (Å²) in [6.45, 7) is 4.58. The molecule has 2 rings (SSSR count). The van der Waals surface area contributed by atoms with Crippen LogP contribution in [0.2, 0.25) is 0 Å². The molecule has 0 aliphatic heterocycles. The topological polar surface area (TPSA) is 66.5 Å². The van der Waals surface area contributed by atoms with E-state index in [4.69, 9.17) is 0 Å². The van der Waals surface area contributed by atoms with Gasteiger partial charge in [-0.25, -0.2) is 8.42 Å². The van der Waals surface area contributed by atoms with Crippen molar-refractivity contribution >= 4 is 37.5 Å². The average Bonchev–Trinajstić information content (AvgIpc) is 2.62. The third-order valence-corrected chi connectivity index (χ3v) is 6.01. The van der Waals surface area contributed by atoms with Gasteiger partial charge in [-0.1, -0.05) is 25.5 Å². The van der Waals surface area contributed by atoms with E-state index < -0.39 is 10.0 Å². The van der Waals surface area contributed by atoms with Gasteiger partial charge in [0.05, 0.1) is 10.6 Å². The maximum atomic E-state index is 12.7. The summed E-state index contributed by atoms with van der Waals surface area (Å²) in [5.74, 6) is -0.188. The smallest absolute Gasteiger partial charge is 0.261 e. The Morgan fingerprint density at radius 2 is 1.92 bits per heavy atom. The summed E-state index contributed by atoms with van der Waals surface area (Å²) in [5, 5.41) is 0. The van der Waals surface area contributed by atoms with Gasteiger partial charge in [-0.05, 0) is 65.2 Å². The fraction of sp³-hybridized carbons (Fsp3) is 0.316. The second-order valence-corrected chi connectivity index (χ2v) is 8.73. The number of hydrogen-bond donors (Lipinski definition) is 1. The lowest BCUT2D eigenvalue weighted by Crippen LogP contribution is -2.28. The number of carbonyl (C=O) groups is 1. The van der Waals surface area contributed by atoms with E-state index in [0.717, 1.165) is 18.4 Å². The second-order valence-electron chi connectivity index (χ2n) is 6.20. The van der Waals surface area contributed by atoms with Gasteiger partial charge in [-0.15, -0.1) is 0 Å². The molecule has 5 nitrogen and oxygen atoms in total. The molecule has 0 aromatic heterocycles. The van der Waals surface area contributed by atoms with Crippen LogP contribution < -0.4 is 4.72 Å². The lowest BCUT2D eigenvalue weighted by atomic mass is 10.2. The molecule has 0 radical (unpaired) electrons. The van der Waals surface area contributed by atoms with Gasteiger partial charge in [-0.3, -0.25) is 9.52 Å². The molecule has 0 atom stereocenters. The number of sulfonamides is 1. The zero-order valence-electron chi connectivity index (χ0n) is 15.1. The van der Waals surface area contributed by atoms with E-state index in [1.807, 2.05) is 13.0 Å². The van der Waals surface area contributed by atoms with Crippen molar-refractivity contribution in [1.82, 2.24) is 4.90 Å². The molecule has 1 N–H and O–H groups in total. The molecule has 1 amide bonds. The molecular formula is C19H23BrN2O3S. The van der Waals surface area contributed by atoms with Crippen molar-refractivity contribution in [3.05, 3.63) is 58.1 Å². The molecule has 0 spiro atoms. The zero-order valence-corrected chi connectivity index (χ0v) is 17.5. The van der Waals surface area contributed by atoms with Crippen LogP contribution in [0.4, 0.5) is 5.69 Å². The Bertz CT molecular complexity index is 897. The van der Waals surface area contributed by atoms with Crippen molar-refractivity contribution in [2.24, 2.45) is 0 Å².